The second kappa shape index (κ2) is 7.59. The average Bonchev–Trinajstić information content (AvgIpc) is 2.27. The molecular weight excluding hydrogens is 286 g/mol. The van der Waals surface area contributed by atoms with Crippen molar-refractivity contribution in [2.24, 2.45) is 5.92 Å². The first-order chi connectivity index (χ1) is 7.59. The molecule has 1 unspecified atom stereocenters. The molecule has 0 bridgehead atoms. The fraction of sp³-hybridized carbons (Fsp3) is 0.917. The monoisotopic (exact) mass is 307 g/mol. The van der Waals surface area contributed by atoms with Crippen LogP contribution >= 0.6 is 27.7 Å². The molecule has 1 atom stereocenters. The van der Waals surface area contributed by atoms with Crippen molar-refractivity contribution in [1.29, 1.82) is 0 Å². The first-order valence-electron chi connectivity index (χ1n) is 6.05. The maximum Gasteiger partial charge on any atom is 0.222 e. The summed E-state index contributed by atoms with van der Waals surface area (Å²) in [6, 6.07) is 0. The van der Waals surface area contributed by atoms with Crippen LogP contribution in [0.5, 0.6) is 0 Å². The van der Waals surface area contributed by atoms with E-state index in [2.05, 4.69) is 22.9 Å². The zero-order valence-electron chi connectivity index (χ0n) is 10.2. The number of amides is 1. The molecule has 1 rings (SSSR count). The van der Waals surface area contributed by atoms with Crippen molar-refractivity contribution in [2.75, 3.05) is 25.1 Å². The molecule has 0 spiro atoms. The number of hydrogen-bond donors (Lipinski definition) is 0. The summed E-state index contributed by atoms with van der Waals surface area (Å²) in [6.07, 6.45) is 4.23. The van der Waals surface area contributed by atoms with Gasteiger partial charge in [0.2, 0.25) is 5.91 Å². The van der Waals surface area contributed by atoms with Crippen LogP contribution in [0.2, 0.25) is 0 Å². The molecule has 4 heteroatoms. The van der Waals surface area contributed by atoms with Gasteiger partial charge in [-0.3, -0.25) is 4.79 Å². The van der Waals surface area contributed by atoms with Crippen molar-refractivity contribution in [2.45, 2.75) is 37.4 Å². The molecular formula is C12H22BrNOS. The van der Waals surface area contributed by atoms with Gasteiger partial charge in [0.05, 0.1) is 0 Å². The molecule has 0 aliphatic carbocycles. The van der Waals surface area contributed by atoms with Crippen LogP contribution in [-0.4, -0.2) is 40.7 Å². The van der Waals surface area contributed by atoms with E-state index in [-0.39, 0.29) is 0 Å². The highest BCUT2D eigenvalue weighted by Gasteiger charge is 2.19. The van der Waals surface area contributed by atoms with Gasteiger partial charge in [-0.25, -0.2) is 0 Å². The number of rotatable bonds is 5. The summed E-state index contributed by atoms with van der Waals surface area (Å²) in [7, 11) is 1.93. The molecule has 1 aliphatic heterocycles. The van der Waals surface area contributed by atoms with E-state index >= 15 is 0 Å². The summed E-state index contributed by atoms with van der Waals surface area (Å²) >= 11 is 5.53. The molecule has 94 valence electrons. The van der Waals surface area contributed by atoms with E-state index in [0.717, 1.165) is 19.4 Å². The molecule has 0 radical (unpaired) electrons. The van der Waals surface area contributed by atoms with Gasteiger partial charge in [0.25, 0.3) is 0 Å². The molecule has 1 aliphatic rings. The van der Waals surface area contributed by atoms with Gasteiger partial charge in [0, 0.05) is 24.8 Å². The van der Waals surface area contributed by atoms with Gasteiger partial charge in [-0.05, 0) is 36.7 Å². The summed E-state index contributed by atoms with van der Waals surface area (Å²) in [5.41, 5.74) is 0. The Morgan fingerprint density at radius 1 is 1.50 bits per heavy atom. The van der Waals surface area contributed by atoms with Crippen LogP contribution in [0.25, 0.3) is 0 Å². The van der Waals surface area contributed by atoms with Gasteiger partial charge >= 0.3 is 0 Å². The molecule has 16 heavy (non-hydrogen) atoms. The molecule has 1 fully saturated rings. The first kappa shape index (κ1) is 14.4. The Morgan fingerprint density at radius 3 is 2.69 bits per heavy atom. The standard InChI is InChI=1S/C12H22BrNOS/c1-10(13)3-6-14(2)12(15)9-11-4-7-16-8-5-11/h10-11H,3-9H2,1-2H3. The number of hydrogen-bond acceptors (Lipinski definition) is 2. The van der Waals surface area contributed by atoms with Crippen molar-refractivity contribution in [1.82, 2.24) is 4.90 Å². The first-order valence-corrected chi connectivity index (χ1v) is 8.12. The largest absolute Gasteiger partial charge is 0.346 e. The van der Waals surface area contributed by atoms with Gasteiger partial charge in [-0.1, -0.05) is 22.9 Å². The lowest BCUT2D eigenvalue weighted by atomic mass is 9.98. The van der Waals surface area contributed by atoms with E-state index < -0.39 is 0 Å². The van der Waals surface area contributed by atoms with E-state index in [9.17, 15) is 4.79 Å². The Kier molecular flexibility index (Phi) is 6.81. The van der Waals surface area contributed by atoms with Crippen LogP contribution in [0, 0.1) is 5.92 Å². The zero-order chi connectivity index (χ0) is 12.0. The number of thioether (sulfide) groups is 1. The van der Waals surface area contributed by atoms with Crippen LogP contribution in [0.4, 0.5) is 0 Å². The minimum absolute atomic E-state index is 0.324. The third-order valence-electron chi connectivity index (χ3n) is 3.09. The fourth-order valence-corrected chi connectivity index (χ4v) is 3.26. The Hall–Kier alpha value is 0.300. The summed E-state index contributed by atoms with van der Waals surface area (Å²) in [5, 5.41) is 0. The lowest BCUT2D eigenvalue weighted by molar-refractivity contribution is -0.131. The predicted molar refractivity (Wildman–Crippen MR) is 75.3 cm³/mol. The Labute approximate surface area is 112 Å². The van der Waals surface area contributed by atoms with Crippen LogP contribution in [0.3, 0.4) is 0 Å². The SMILES string of the molecule is CC(Br)CCN(C)C(=O)CC1CCSCC1. The quantitative estimate of drug-likeness (QED) is 0.727. The third kappa shape index (κ3) is 5.58. The van der Waals surface area contributed by atoms with Gasteiger partial charge in [-0.15, -0.1) is 0 Å². The van der Waals surface area contributed by atoms with Gasteiger partial charge in [0.1, 0.15) is 0 Å². The van der Waals surface area contributed by atoms with Crippen molar-refractivity contribution in [3.63, 3.8) is 0 Å². The van der Waals surface area contributed by atoms with Gasteiger partial charge in [0.15, 0.2) is 0 Å². The normalized spacial score (nSPS) is 19.4. The van der Waals surface area contributed by atoms with Crippen LogP contribution < -0.4 is 0 Å². The number of nitrogens with zero attached hydrogens (tertiary/aromatic N) is 1. The highest BCUT2D eigenvalue weighted by molar-refractivity contribution is 9.09. The van der Waals surface area contributed by atoms with E-state index in [0.29, 0.717) is 16.7 Å². The number of alkyl halides is 1. The highest BCUT2D eigenvalue weighted by atomic mass is 79.9. The second-order valence-electron chi connectivity index (χ2n) is 4.64. The van der Waals surface area contributed by atoms with E-state index in [1.54, 1.807) is 0 Å². The van der Waals surface area contributed by atoms with Gasteiger partial charge < -0.3 is 4.90 Å². The second-order valence-corrected chi connectivity index (χ2v) is 7.43. The number of carbonyl (C=O) groups is 1. The Morgan fingerprint density at radius 2 is 2.12 bits per heavy atom. The number of carbonyl (C=O) groups excluding carboxylic acids is 1. The molecule has 2 nitrogen and oxygen atoms in total. The van der Waals surface area contributed by atoms with Gasteiger partial charge in [-0.2, -0.15) is 11.8 Å². The van der Waals surface area contributed by atoms with E-state index in [4.69, 9.17) is 0 Å². The molecule has 1 amide bonds. The molecule has 0 N–H and O–H groups in total. The Bertz CT molecular complexity index is 217. The lowest BCUT2D eigenvalue weighted by Crippen LogP contribution is -2.31. The zero-order valence-corrected chi connectivity index (χ0v) is 12.6. The average molecular weight is 308 g/mol. The molecule has 0 aromatic carbocycles. The maximum atomic E-state index is 11.9. The highest BCUT2D eigenvalue weighted by Crippen LogP contribution is 2.25. The molecule has 0 saturated carbocycles. The van der Waals surface area contributed by atoms with E-state index in [1.807, 2.05) is 23.7 Å². The third-order valence-corrected chi connectivity index (χ3v) is 4.60. The lowest BCUT2D eigenvalue weighted by Gasteiger charge is -2.24. The summed E-state index contributed by atoms with van der Waals surface area (Å²) in [5.74, 6) is 3.43. The van der Waals surface area contributed by atoms with Crippen LogP contribution in [-0.2, 0) is 4.79 Å². The smallest absolute Gasteiger partial charge is 0.222 e. The molecule has 0 aromatic heterocycles. The minimum atomic E-state index is 0.324. The van der Waals surface area contributed by atoms with Crippen molar-refractivity contribution in [3.05, 3.63) is 0 Å². The van der Waals surface area contributed by atoms with E-state index in [1.165, 1.54) is 24.3 Å². The topological polar surface area (TPSA) is 20.3 Å². The van der Waals surface area contributed by atoms with Crippen LogP contribution in [0.15, 0.2) is 0 Å². The summed E-state index contributed by atoms with van der Waals surface area (Å²) in [4.78, 5) is 14.3. The molecule has 0 aromatic rings. The molecule has 1 heterocycles. The maximum absolute atomic E-state index is 11.9. The van der Waals surface area contributed by atoms with Crippen molar-refractivity contribution in [3.8, 4) is 0 Å². The minimum Gasteiger partial charge on any atom is -0.346 e. The Balaban J connectivity index is 2.22. The molecule has 1 saturated heterocycles. The summed E-state index contributed by atoms with van der Waals surface area (Å²) in [6.45, 7) is 2.99. The predicted octanol–water partition coefficient (Wildman–Crippen LogP) is 3.15. The summed E-state index contributed by atoms with van der Waals surface area (Å²) < 4.78 is 0. The van der Waals surface area contributed by atoms with Crippen molar-refractivity contribution >= 4 is 33.6 Å². The van der Waals surface area contributed by atoms with Crippen LogP contribution in [0.1, 0.15) is 32.6 Å². The fourth-order valence-electron chi connectivity index (χ4n) is 1.85. The number of halogens is 1. The van der Waals surface area contributed by atoms with Crippen molar-refractivity contribution < 1.29 is 4.79 Å².